The van der Waals surface area contributed by atoms with Crippen molar-refractivity contribution in [2.45, 2.75) is 6.18 Å². The summed E-state index contributed by atoms with van der Waals surface area (Å²) >= 11 is 0. The van der Waals surface area contributed by atoms with Crippen LogP contribution in [-0.2, 0) is 6.18 Å². The number of nitrogens with two attached hydrogens (primary N) is 1. The van der Waals surface area contributed by atoms with E-state index in [2.05, 4.69) is 5.32 Å². The summed E-state index contributed by atoms with van der Waals surface area (Å²) in [6, 6.07) is 15.1. The molecule has 0 aliphatic heterocycles. The smallest absolute Gasteiger partial charge is 0.393 e. The lowest BCUT2D eigenvalue weighted by Crippen LogP contribution is -2.14. The third-order valence-electron chi connectivity index (χ3n) is 4.36. The number of nitrogens with zero attached hydrogens (tertiary/aromatic N) is 1. The maximum atomic E-state index is 12.9. The number of carbonyl (C=O) groups is 1. The summed E-state index contributed by atoms with van der Waals surface area (Å²) in [5.74, 6) is -0.595. The first-order valence-corrected chi connectivity index (χ1v) is 8.95. The van der Waals surface area contributed by atoms with Crippen LogP contribution < -0.4 is 11.1 Å². The van der Waals surface area contributed by atoms with Gasteiger partial charge in [0.05, 0.1) is 10.5 Å². The van der Waals surface area contributed by atoms with Crippen LogP contribution in [0.15, 0.2) is 66.7 Å². The molecule has 0 aliphatic carbocycles. The van der Waals surface area contributed by atoms with Crippen molar-refractivity contribution < 1.29 is 22.9 Å². The van der Waals surface area contributed by atoms with Gasteiger partial charge in [-0.2, -0.15) is 13.2 Å². The van der Waals surface area contributed by atoms with Crippen LogP contribution in [0.5, 0.6) is 0 Å². The van der Waals surface area contributed by atoms with Crippen LogP contribution in [0.4, 0.5) is 30.2 Å². The van der Waals surface area contributed by atoms with Crippen LogP contribution in [0.25, 0.3) is 12.2 Å². The minimum atomic E-state index is -4.52. The third-order valence-corrected chi connectivity index (χ3v) is 4.36. The second kappa shape index (κ2) is 8.70. The van der Waals surface area contributed by atoms with E-state index in [9.17, 15) is 28.1 Å². The summed E-state index contributed by atoms with van der Waals surface area (Å²) in [6.45, 7) is 0. The summed E-state index contributed by atoms with van der Waals surface area (Å²) < 4.78 is 38.7. The molecule has 9 heteroatoms. The van der Waals surface area contributed by atoms with Crippen LogP contribution in [0.3, 0.4) is 0 Å². The molecule has 0 fully saturated rings. The maximum absolute atomic E-state index is 12.9. The van der Waals surface area contributed by atoms with Gasteiger partial charge in [-0.25, -0.2) is 0 Å². The van der Waals surface area contributed by atoms with Crippen molar-refractivity contribution in [3.05, 3.63) is 99.1 Å². The number of halogens is 3. The van der Waals surface area contributed by atoms with E-state index in [1.54, 1.807) is 36.4 Å². The number of nitrogen functional groups attached to an aromatic ring is 1. The quantitative estimate of drug-likeness (QED) is 0.239. The van der Waals surface area contributed by atoms with Crippen molar-refractivity contribution in [1.29, 1.82) is 0 Å². The number of anilines is 2. The molecular formula is C22H16F3N3O3. The van der Waals surface area contributed by atoms with Crippen LogP contribution in [0.2, 0.25) is 0 Å². The molecule has 0 atom stereocenters. The van der Waals surface area contributed by atoms with Gasteiger partial charge in [0.2, 0.25) is 0 Å². The van der Waals surface area contributed by atoms with Gasteiger partial charge in [0, 0.05) is 17.3 Å². The predicted molar refractivity (Wildman–Crippen MR) is 112 cm³/mol. The molecule has 3 aromatic carbocycles. The summed E-state index contributed by atoms with van der Waals surface area (Å²) in [5, 5.41) is 13.5. The summed E-state index contributed by atoms with van der Waals surface area (Å²) in [7, 11) is 0. The van der Waals surface area contributed by atoms with Crippen molar-refractivity contribution in [3.63, 3.8) is 0 Å². The molecule has 0 spiro atoms. The van der Waals surface area contributed by atoms with E-state index in [0.29, 0.717) is 11.1 Å². The van der Waals surface area contributed by atoms with Gasteiger partial charge in [-0.15, -0.1) is 0 Å². The second-order valence-electron chi connectivity index (χ2n) is 6.53. The van der Waals surface area contributed by atoms with Gasteiger partial charge in [-0.1, -0.05) is 42.5 Å². The first kappa shape index (κ1) is 21.6. The maximum Gasteiger partial charge on any atom is 0.416 e. The van der Waals surface area contributed by atoms with Crippen LogP contribution in [0.1, 0.15) is 27.0 Å². The molecule has 1 amide bonds. The Balaban J connectivity index is 1.85. The Morgan fingerprint density at radius 3 is 2.45 bits per heavy atom. The highest BCUT2D eigenvalue weighted by atomic mass is 19.4. The molecule has 0 heterocycles. The number of benzene rings is 3. The zero-order chi connectivity index (χ0) is 22.6. The van der Waals surface area contributed by atoms with Crippen LogP contribution in [-0.4, -0.2) is 10.8 Å². The molecule has 0 aliphatic rings. The number of amides is 1. The largest absolute Gasteiger partial charge is 0.416 e. The Morgan fingerprint density at radius 2 is 1.74 bits per heavy atom. The van der Waals surface area contributed by atoms with Crippen LogP contribution >= 0.6 is 0 Å². The number of alkyl halides is 3. The SMILES string of the molecule is Nc1ccc(C=Cc2ccccc2C(=O)Nc2cccc(C(F)(F)F)c2)cc1[N+](=O)[O-]. The second-order valence-corrected chi connectivity index (χ2v) is 6.53. The van der Waals surface area contributed by atoms with E-state index in [1.165, 1.54) is 30.3 Å². The Bertz CT molecular complexity index is 1170. The normalized spacial score (nSPS) is 11.5. The molecule has 0 bridgehead atoms. The van der Waals surface area contributed by atoms with Crippen molar-refractivity contribution >= 4 is 35.1 Å². The van der Waals surface area contributed by atoms with E-state index in [-0.39, 0.29) is 22.6 Å². The number of hydrogen-bond donors (Lipinski definition) is 2. The van der Waals surface area contributed by atoms with Crippen molar-refractivity contribution in [3.8, 4) is 0 Å². The van der Waals surface area contributed by atoms with E-state index in [4.69, 9.17) is 5.73 Å². The van der Waals surface area contributed by atoms with Crippen molar-refractivity contribution in [1.82, 2.24) is 0 Å². The minimum Gasteiger partial charge on any atom is -0.393 e. The van der Waals surface area contributed by atoms with Gasteiger partial charge < -0.3 is 11.1 Å². The molecule has 0 saturated carbocycles. The van der Waals surface area contributed by atoms with Gasteiger partial charge in [0.15, 0.2) is 0 Å². The van der Waals surface area contributed by atoms with Gasteiger partial charge in [-0.05, 0) is 41.5 Å². The van der Waals surface area contributed by atoms with Gasteiger partial charge in [0.25, 0.3) is 11.6 Å². The fraction of sp³-hybridized carbons (Fsp3) is 0.0455. The fourth-order valence-corrected chi connectivity index (χ4v) is 2.83. The van der Waals surface area contributed by atoms with E-state index < -0.39 is 22.6 Å². The van der Waals surface area contributed by atoms with E-state index >= 15 is 0 Å². The Morgan fingerprint density at radius 1 is 1.00 bits per heavy atom. The third kappa shape index (κ3) is 5.27. The zero-order valence-electron chi connectivity index (χ0n) is 15.9. The Labute approximate surface area is 175 Å². The lowest BCUT2D eigenvalue weighted by Gasteiger charge is -2.11. The molecule has 3 aromatic rings. The van der Waals surface area contributed by atoms with Crippen LogP contribution in [0, 0.1) is 10.1 Å². The summed E-state index contributed by atoms with van der Waals surface area (Å²) in [4.78, 5) is 23.1. The number of nitrogens with one attached hydrogen (secondary N) is 1. The molecule has 6 nitrogen and oxygen atoms in total. The lowest BCUT2D eigenvalue weighted by atomic mass is 10.0. The minimum absolute atomic E-state index is 0.00719. The number of nitro groups is 1. The average molecular weight is 427 g/mol. The topological polar surface area (TPSA) is 98.3 Å². The van der Waals surface area contributed by atoms with Gasteiger partial charge >= 0.3 is 6.18 Å². The number of carbonyl (C=O) groups excluding carboxylic acids is 1. The fourth-order valence-electron chi connectivity index (χ4n) is 2.83. The number of hydrogen-bond acceptors (Lipinski definition) is 4. The average Bonchev–Trinajstić information content (AvgIpc) is 2.72. The Hall–Kier alpha value is -4.14. The monoisotopic (exact) mass is 427 g/mol. The Kier molecular flexibility index (Phi) is 6.05. The van der Waals surface area contributed by atoms with Crippen molar-refractivity contribution in [2.24, 2.45) is 0 Å². The molecule has 3 N–H and O–H groups in total. The highest BCUT2D eigenvalue weighted by Crippen LogP contribution is 2.31. The molecule has 31 heavy (non-hydrogen) atoms. The predicted octanol–water partition coefficient (Wildman–Crippen LogP) is 5.62. The van der Waals surface area contributed by atoms with Crippen molar-refractivity contribution in [2.75, 3.05) is 11.1 Å². The number of rotatable bonds is 5. The standard InChI is InChI=1S/C22H16F3N3O3/c23-22(24,25)16-5-3-6-17(13-16)27-21(29)18-7-2-1-4-15(18)10-8-14-9-11-19(26)20(12-14)28(30)31/h1-13H,26H2,(H,27,29). The molecule has 0 aromatic heterocycles. The molecule has 3 rings (SSSR count). The lowest BCUT2D eigenvalue weighted by molar-refractivity contribution is -0.383. The summed E-state index contributed by atoms with van der Waals surface area (Å²) in [6.07, 6.45) is -1.37. The molecule has 0 saturated heterocycles. The first-order chi connectivity index (χ1) is 14.6. The van der Waals surface area contributed by atoms with E-state index in [1.807, 2.05) is 0 Å². The van der Waals surface area contributed by atoms with Gasteiger partial charge in [0.1, 0.15) is 5.69 Å². The molecular weight excluding hydrogens is 411 g/mol. The molecule has 158 valence electrons. The van der Waals surface area contributed by atoms with Gasteiger partial charge in [-0.3, -0.25) is 14.9 Å². The zero-order valence-corrected chi connectivity index (χ0v) is 15.9. The first-order valence-electron chi connectivity index (χ1n) is 8.95. The molecule has 0 unspecified atom stereocenters. The highest BCUT2D eigenvalue weighted by molar-refractivity contribution is 6.07. The summed E-state index contributed by atoms with van der Waals surface area (Å²) in [5.41, 5.74) is 5.71. The van der Waals surface area contributed by atoms with E-state index in [0.717, 1.165) is 12.1 Å². The molecule has 0 radical (unpaired) electrons. The number of nitro benzene ring substituents is 1. The highest BCUT2D eigenvalue weighted by Gasteiger charge is 2.30.